The van der Waals surface area contributed by atoms with Crippen LogP contribution in [0.4, 0.5) is 13.7 Å². The van der Waals surface area contributed by atoms with Gasteiger partial charge in [-0.15, -0.1) is 0 Å². The van der Waals surface area contributed by atoms with Gasteiger partial charge in [-0.05, 0) is 20.8 Å². The van der Waals surface area contributed by atoms with E-state index in [-0.39, 0.29) is 26.0 Å². The Morgan fingerprint density at radius 2 is 2.05 bits per heavy atom. The lowest BCUT2D eigenvalue weighted by molar-refractivity contribution is -0.181. The molecular formula is C13H20F2N2O5. The Labute approximate surface area is 127 Å². The van der Waals surface area contributed by atoms with E-state index in [1.165, 1.54) is 16.8 Å². The standard InChI is InChI=1S/C13H20F2N2O5/c1-13(2,3)21-12(19)16(4)10-8-17(5-6-20-10)9(7-14)11(18)22-15/h7,10H,5-6,8H2,1-4H3. The summed E-state index contributed by atoms with van der Waals surface area (Å²) in [5.41, 5.74) is -1.25. The molecular weight excluding hydrogens is 302 g/mol. The Morgan fingerprint density at radius 1 is 1.41 bits per heavy atom. The number of rotatable bonds is 3. The van der Waals surface area contributed by atoms with E-state index < -0.39 is 29.6 Å². The van der Waals surface area contributed by atoms with Gasteiger partial charge in [0.25, 0.3) is 0 Å². The third-order valence-corrected chi connectivity index (χ3v) is 2.88. The van der Waals surface area contributed by atoms with Gasteiger partial charge in [0.1, 0.15) is 11.9 Å². The van der Waals surface area contributed by atoms with Gasteiger partial charge in [0.2, 0.25) is 0 Å². The Bertz CT molecular complexity index is 450. The third-order valence-electron chi connectivity index (χ3n) is 2.88. The first-order chi connectivity index (χ1) is 10.2. The Hall–Kier alpha value is -1.90. The zero-order valence-corrected chi connectivity index (χ0v) is 13.0. The molecule has 1 saturated heterocycles. The van der Waals surface area contributed by atoms with Crippen molar-refractivity contribution < 1.29 is 32.9 Å². The number of amides is 1. The molecule has 0 aliphatic carbocycles. The second-order valence-electron chi connectivity index (χ2n) is 5.72. The molecule has 1 heterocycles. The molecule has 0 aromatic heterocycles. The van der Waals surface area contributed by atoms with Gasteiger partial charge in [-0.25, -0.2) is 18.9 Å². The van der Waals surface area contributed by atoms with Gasteiger partial charge >= 0.3 is 12.1 Å². The number of carbonyl (C=O) groups excluding carboxylic acids is 2. The van der Waals surface area contributed by atoms with Gasteiger partial charge in [0.15, 0.2) is 11.9 Å². The first-order valence-corrected chi connectivity index (χ1v) is 6.65. The molecule has 0 bridgehead atoms. The summed E-state index contributed by atoms with van der Waals surface area (Å²) in [5.74, 6) is -1.44. The number of nitrogens with zero attached hydrogens (tertiary/aromatic N) is 2. The van der Waals surface area contributed by atoms with E-state index in [1.807, 2.05) is 0 Å². The molecule has 22 heavy (non-hydrogen) atoms. The molecule has 0 spiro atoms. The highest BCUT2D eigenvalue weighted by molar-refractivity contribution is 5.87. The average Bonchev–Trinajstić information content (AvgIpc) is 2.45. The van der Waals surface area contributed by atoms with Crippen LogP contribution < -0.4 is 0 Å². The third kappa shape index (κ3) is 4.83. The van der Waals surface area contributed by atoms with Crippen LogP contribution in [-0.2, 0) is 19.2 Å². The maximum absolute atomic E-state index is 12.8. The van der Waals surface area contributed by atoms with Crippen molar-refractivity contribution in [3.8, 4) is 0 Å². The van der Waals surface area contributed by atoms with Crippen LogP contribution in [0.3, 0.4) is 0 Å². The Kier molecular flexibility index (Phi) is 6.10. The topological polar surface area (TPSA) is 68.3 Å². The summed E-state index contributed by atoms with van der Waals surface area (Å²) in [6.07, 6.45) is -1.44. The van der Waals surface area contributed by atoms with E-state index in [0.29, 0.717) is 0 Å². The zero-order chi connectivity index (χ0) is 16.9. The predicted octanol–water partition coefficient (Wildman–Crippen LogP) is 1.75. The van der Waals surface area contributed by atoms with Crippen LogP contribution >= 0.6 is 0 Å². The maximum atomic E-state index is 12.8. The van der Waals surface area contributed by atoms with E-state index in [1.54, 1.807) is 20.8 Å². The van der Waals surface area contributed by atoms with Crippen LogP contribution in [0.5, 0.6) is 0 Å². The first-order valence-electron chi connectivity index (χ1n) is 6.65. The predicted molar refractivity (Wildman–Crippen MR) is 71.7 cm³/mol. The van der Waals surface area contributed by atoms with Crippen LogP contribution in [0.1, 0.15) is 20.8 Å². The lowest BCUT2D eigenvalue weighted by Crippen LogP contribution is -2.52. The zero-order valence-electron chi connectivity index (χ0n) is 13.0. The molecule has 0 radical (unpaired) electrons. The lowest BCUT2D eigenvalue weighted by Gasteiger charge is -2.38. The van der Waals surface area contributed by atoms with Gasteiger partial charge in [0, 0.05) is 18.1 Å². The highest BCUT2D eigenvalue weighted by Crippen LogP contribution is 2.18. The van der Waals surface area contributed by atoms with E-state index >= 15 is 0 Å². The smallest absolute Gasteiger partial charge is 0.412 e. The summed E-state index contributed by atoms with van der Waals surface area (Å²) in [4.78, 5) is 28.6. The minimum absolute atomic E-state index is 0.0272. The summed E-state index contributed by atoms with van der Waals surface area (Å²) < 4.78 is 35.3. The summed E-state index contributed by atoms with van der Waals surface area (Å²) in [5, 5.41) is 0. The molecule has 126 valence electrons. The number of hydrogen-bond acceptors (Lipinski definition) is 6. The quantitative estimate of drug-likeness (QED) is 0.738. The van der Waals surface area contributed by atoms with Gasteiger partial charge in [-0.1, -0.05) is 0 Å². The minimum atomic E-state index is -1.44. The fourth-order valence-electron chi connectivity index (χ4n) is 1.82. The van der Waals surface area contributed by atoms with Crippen molar-refractivity contribution in [2.24, 2.45) is 0 Å². The normalized spacial score (nSPS) is 19.6. The van der Waals surface area contributed by atoms with Gasteiger partial charge in [0.05, 0.1) is 13.2 Å². The molecule has 0 N–H and O–H groups in total. The number of hydrogen-bond donors (Lipinski definition) is 0. The van der Waals surface area contributed by atoms with Crippen LogP contribution in [0, 0.1) is 0 Å². The van der Waals surface area contributed by atoms with Crippen LogP contribution in [0.25, 0.3) is 0 Å². The van der Waals surface area contributed by atoms with Crippen LogP contribution in [0.15, 0.2) is 12.0 Å². The van der Waals surface area contributed by atoms with E-state index in [9.17, 15) is 18.5 Å². The van der Waals surface area contributed by atoms with Gasteiger partial charge in [-0.2, -0.15) is 0 Å². The number of morpholine rings is 1. The monoisotopic (exact) mass is 322 g/mol. The minimum Gasteiger partial charge on any atom is -0.444 e. The number of carbonyl (C=O) groups is 2. The van der Waals surface area contributed by atoms with Gasteiger partial charge in [-0.3, -0.25) is 4.90 Å². The van der Waals surface area contributed by atoms with Gasteiger partial charge < -0.3 is 14.4 Å². The van der Waals surface area contributed by atoms with E-state index in [4.69, 9.17) is 9.47 Å². The van der Waals surface area contributed by atoms with E-state index in [2.05, 4.69) is 4.94 Å². The van der Waals surface area contributed by atoms with Crippen molar-refractivity contribution in [2.45, 2.75) is 32.6 Å². The second kappa shape index (κ2) is 7.39. The summed E-state index contributed by atoms with van der Waals surface area (Å²) in [6, 6.07) is 0. The Balaban J connectivity index is 2.74. The molecule has 1 fully saturated rings. The van der Waals surface area contributed by atoms with Crippen molar-refractivity contribution in [2.75, 3.05) is 26.7 Å². The number of halogens is 2. The maximum Gasteiger partial charge on any atom is 0.412 e. The molecule has 1 amide bonds. The molecule has 1 atom stereocenters. The fraction of sp³-hybridized carbons (Fsp3) is 0.692. The second-order valence-corrected chi connectivity index (χ2v) is 5.72. The fourth-order valence-corrected chi connectivity index (χ4v) is 1.82. The van der Waals surface area contributed by atoms with Crippen molar-refractivity contribution >= 4 is 12.1 Å². The lowest BCUT2D eigenvalue weighted by atomic mass is 10.2. The Morgan fingerprint density at radius 3 is 2.55 bits per heavy atom. The molecule has 1 aliphatic heterocycles. The molecule has 0 aromatic carbocycles. The molecule has 1 aliphatic rings. The van der Waals surface area contributed by atoms with Crippen molar-refractivity contribution in [3.05, 3.63) is 12.0 Å². The molecule has 1 unspecified atom stereocenters. The number of likely N-dealkylation sites (N-methyl/N-ethyl adjacent to an activating group) is 1. The largest absolute Gasteiger partial charge is 0.444 e. The average molecular weight is 322 g/mol. The van der Waals surface area contributed by atoms with Crippen LogP contribution in [0.2, 0.25) is 0 Å². The first kappa shape index (κ1) is 18.1. The van der Waals surface area contributed by atoms with E-state index in [0.717, 1.165) is 0 Å². The van der Waals surface area contributed by atoms with Crippen molar-refractivity contribution in [1.29, 1.82) is 0 Å². The SMILES string of the molecule is CN(C(=O)OC(C)(C)C)C1CN(C(=CF)C(=O)OF)CCO1. The highest BCUT2D eigenvalue weighted by Gasteiger charge is 2.32. The molecule has 9 heteroatoms. The van der Waals surface area contributed by atoms with Crippen molar-refractivity contribution in [3.63, 3.8) is 0 Å². The van der Waals surface area contributed by atoms with Crippen molar-refractivity contribution in [1.82, 2.24) is 9.80 Å². The summed E-state index contributed by atoms with van der Waals surface area (Å²) in [6.45, 7) is 5.40. The summed E-state index contributed by atoms with van der Waals surface area (Å²) in [7, 11) is 1.45. The summed E-state index contributed by atoms with van der Waals surface area (Å²) >= 11 is 0. The molecule has 0 aromatic rings. The number of ether oxygens (including phenoxy) is 2. The van der Waals surface area contributed by atoms with Crippen LogP contribution in [-0.4, -0.2) is 60.4 Å². The molecule has 1 rings (SSSR count). The highest BCUT2D eigenvalue weighted by atomic mass is 19.3. The molecule has 7 nitrogen and oxygen atoms in total. The molecule has 0 saturated carbocycles.